The van der Waals surface area contributed by atoms with Crippen LogP contribution in [-0.2, 0) is 4.74 Å². The Labute approximate surface area is 195 Å². The molecular weight excluding hydrogens is 430 g/mol. The van der Waals surface area contributed by atoms with Crippen molar-refractivity contribution in [1.82, 2.24) is 29.5 Å². The average Bonchev–Trinajstić information content (AvgIpc) is 3.32. The summed E-state index contributed by atoms with van der Waals surface area (Å²) in [6, 6.07) is 3.96. The number of aromatic amines is 1. The number of fused-ring (bicyclic) bond motifs is 2. The maximum Gasteiger partial charge on any atom is 0.276 e. The van der Waals surface area contributed by atoms with Crippen molar-refractivity contribution >= 4 is 33.9 Å². The van der Waals surface area contributed by atoms with Gasteiger partial charge >= 0.3 is 0 Å². The molecule has 6 heterocycles. The lowest BCUT2D eigenvalue weighted by atomic mass is 9.87. The van der Waals surface area contributed by atoms with Crippen molar-refractivity contribution in [2.24, 2.45) is 16.8 Å². The molecule has 9 heteroatoms. The number of allylic oxidation sites excluding steroid dienone is 1. The highest BCUT2D eigenvalue weighted by Gasteiger charge is 2.24. The Morgan fingerprint density at radius 2 is 1.94 bits per heavy atom. The van der Waals surface area contributed by atoms with E-state index in [9.17, 15) is 4.79 Å². The molecule has 1 atom stereocenters. The van der Waals surface area contributed by atoms with E-state index in [-0.39, 0.29) is 11.5 Å². The quantitative estimate of drug-likeness (QED) is 0.504. The van der Waals surface area contributed by atoms with Crippen LogP contribution in [0.2, 0.25) is 0 Å². The van der Waals surface area contributed by atoms with Gasteiger partial charge in [-0.3, -0.25) is 4.79 Å². The lowest BCUT2D eigenvalue weighted by Gasteiger charge is -2.26. The van der Waals surface area contributed by atoms with E-state index in [1.165, 1.54) is 6.20 Å². The third-order valence-corrected chi connectivity index (χ3v) is 6.75. The number of H-pyrrole nitrogens is 1. The van der Waals surface area contributed by atoms with Gasteiger partial charge in [-0.05, 0) is 49.7 Å². The Kier molecular flexibility index (Phi) is 5.46. The minimum Gasteiger partial charge on any atom is -0.381 e. The zero-order valence-corrected chi connectivity index (χ0v) is 18.7. The van der Waals surface area contributed by atoms with Gasteiger partial charge in [0.2, 0.25) is 0 Å². The number of ether oxygens (including phenoxy) is 1. The summed E-state index contributed by atoms with van der Waals surface area (Å²) < 4.78 is 7.10. The van der Waals surface area contributed by atoms with Gasteiger partial charge in [-0.2, -0.15) is 0 Å². The normalized spacial score (nSPS) is 19.4. The van der Waals surface area contributed by atoms with Gasteiger partial charge in [0.25, 0.3) is 5.56 Å². The summed E-state index contributed by atoms with van der Waals surface area (Å²) in [6.45, 7) is 1.70. The molecule has 0 bridgehead atoms. The summed E-state index contributed by atoms with van der Waals surface area (Å²) in [4.78, 5) is 38.4. The summed E-state index contributed by atoms with van der Waals surface area (Å²) >= 11 is 0. The minimum atomic E-state index is -0.253. The number of rotatable bonds is 4. The summed E-state index contributed by atoms with van der Waals surface area (Å²) in [6.07, 6.45) is 15.4. The van der Waals surface area contributed by atoms with Crippen molar-refractivity contribution in [3.8, 4) is 0 Å². The lowest BCUT2D eigenvalue weighted by molar-refractivity contribution is 0.0624. The lowest BCUT2D eigenvalue weighted by Crippen LogP contribution is -2.31. The predicted molar refractivity (Wildman–Crippen MR) is 129 cm³/mol. The summed E-state index contributed by atoms with van der Waals surface area (Å²) in [5, 5.41) is 1.01. The molecule has 4 aromatic rings. The number of aromatic nitrogens is 6. The highest BCUT2D eigenvalue weighted by molar-refractivity contribution is 5.99. The zero-order valence-electron chi connectivity index (χ0n) is 18.7. The fourth-order valence-corrected chi connectivity index (χ4v) is 4.97. The summed E-state index contributed by atoms with van der Waals surface area (Å²) in [7, 11) is 0. The molecule has 0 aliphatic carbocycles. The van der Waals surface area contributed by atoms with E-state index < -0.39 is 0 Å². The van der Waals surface area contributed by atoms with Crippen LogP contribution < -0.4 is 5.56 Å². The Bertz CT molecular complexity index is 1460. The van der Waals surface area contributed by atoms with Crippen LogP contribution >= 0.6 is 0 Å². The van der Waals surface area contributed by atoms with Gasteiger partial charge in [-0.25, -0.2) is 29.5 Å². The van der Waals surface area contributed by atoms with Gasteiger partial charge < -0.3 is 9.72 Å². The smallest absolute Gasteiger partial charge is 0.276 e. The van der Waals surface area contributed by atoms with Gasteiger partial charge in [0.05, 0.1) is 11.9 Å². The topological polar surface area (TPSA) is 111 Å². The van der Waals surface area contributed by atoms with Gasteiger partial charge in [0, 0.05) is 55.4 Å². The van der Waals surface area contributed by atoms with Crippen LogP contribution in [0.3, 0.4) is 0 Å². The molecule has 0 radical (unpaired) electrons. The van der Waals surface area contributed by atoms with Crippen molar-refractivity contribution in [3.63, 3.8) is 0 Å². The Morgan fingerprint density at radius 3 is 2.85 bits per heavy atom. The third kappa shape index (κ3) is 3.92. The molecule has 2 aliphatic heterocycles. The van der Waals surface area contributed by atoms with E-state index in [1.807, 2.05) is 18.3 Å². The number of aliphatic imine (C=N–C) groups is 1. The van der Waals surface area contributed by atoms with E-state index in [0.29, 0.717) is 29.5 Å². The zero-order chi connectivity index (χ0) is 22.9. The molecule has 6 rings (SSSR count). The van der Waals surface area contributed by atoms with Gasteiger partial charge in [0.1, 0.15) is 11.5 Å². The second kappa shape index (κ2) is 8.90. The fourth-order valence-electron chi connectivity index (χ4n) is 4.97. The van der Waals surface area contributed by atoms with Crippen LogP contribution in [-0.4, -0.2) is 48.5 Å². The molecule has 1 unspecified atom stereocenters. The van der Waals surface area contributed by atoms with Crippen LogP contribution in [0, 0.1) is 11.8 Å². The molecule has 9 nitrogen and oxygen atoms in total. The average molecular weight is 456 g/mol. The minimum absolute atomic E-state index is 0.249. The van der Waals surface area contributed by atoms with Gasteiger partial charge in [-0.1, -0.05) is 6.08 Å². The summed E-state index contributed by atoms with van der Waals surface area (Å²) in [5.74, 6) is 1.60. The van der Waals surface area contributed by atoms with Crippen LogP contribution in [0.5, 0.6) is 0 Å². The monoisotopic (exact) mass is 455 g/mol. The third-order valence-electron chi connectivity index (χ3n) is 6.75. The number of nitrogens with one attached hydrogen (secondary N) is 1. The van der Waals surface area contributed by atoms with E-state index >= 15 is 0 Å². The van der Waals surface area contributed by atoms with E-state index in [0.717, 1.165) is 61.2 Å². The summed E-state index contributed by atoms with van der Waals surface area (Å²) in [5.41, 5.74) is 3.25. The van der Waals surface area contributed by atoms with Gasteiger partial charge in [0.15, 0.2) is 11.3 Å². The Hall–Kier alpha value is -3.72. The van der Waals surface area contributed by atoms with E-state index in [1.54, 1.807) is 23.2 Å². The largest absolute Gasteiger partial charge is 0.381 e. The first-order valence-corrected chi connectivity index (χ1v) is 11.7. The number of hydrogen-bond donors (Lipinski definition) is 1. The number of pyridine rings is 1. The molecule has 1 fully saturated rings. The standard InChI is InChI=1S/C25H25N7O2/c33-22-15-30-24-25(28-9-8-27-24)32(22)21-13-17(4-3-16-5-10-34-11-6-16)12-20(31-21)19-14-29-23-18(19)2-1-7-26-23/h1-2,7-9,12,14-17H,3-6,10-11,13H2,(H,26,29). The molecule has 4 aromatic heterocycles. The van der Waals surface area contributed by atoms with Crippen LogP contribution in [0.1, 0.15) is 37.7 Å². The SMILES string of the molecule is O=c1cnc2nccnc2n1C1=NC(c2c[nH]c3ncccc23)=CC(CCC2CCOCC2)C1. The maximum atomic E-state index is 13.0. The van der Waals surface area contributed by atoms with Crippen molar-refractivity contribution < 1.29 is 4.74 Å². The first-order chi connectivity index (χ1) is 16.8. The molecule has 2 aliphatic rings. The predicted octanol–water partition coefficient (Wildman–Crippen LogP) is 3.58. The second-order valence-electron chi connectivity index (χ2n) is 8.91. The van der Waals surface area contributed by atoms with Crippen molar-refractivity contribution in [2.45, 2.75) is 32.1 Å². The van der Waals surface area contributed by atoms with Crippen molar-refractivity contribution in [1.29, 1.82) is 0 Å². The molecule has 0 spiro atoms. The molecular formula is C25H25N7O2. The van der Waals surface area contributed by atoms with Crippen LogP contribution in [0.4, 0.5) is 0 Å². The molecule has 34 heavy (non-hydrogen) atoms. The molecule has 172 valence electrons. The van der Waals surface area contributed by atoms with Crippen LogP contribution in [0.15, 0.2) is 59.0 Å². The molecule has 1 N–H and O–H groups in total. The Balaban J connectivity index is 1.42. The van der Waals surface area contributed by atoms with E-state index in [4.69, 9.17) is 9.73 Å². The van der Waals surface area contributed by atoms with Crippen LogP contribution in [0.25, 0.3) is 28.0 Å². The van der Waals surface area contributed by atoms with Crippen molar-refractivity contribution in [2.75, 3.05) is 13.2 Å². The van der Waals surface area contributed by atoms with Crippen molar-refractivity contribution in [3.05, 3.63) is 65.1 Å². The molecule has 0 aromatic carbocycles. The van der Waals surface area contributed by atoms with Gasteiger partial charge in [-0.15, -0.1) is 0 Å². The molecule has 0 saturated carbocycles. The van der Waals surface area contributed by atoms with E-state index in [2.05, 4.69) is 31.0 Å². The highest BCUT2D eigenvalue weighted by atomic mass is 16.5. The molecule has 1 saturated heterocycles. The number of hydrogen-bond acceptors (Lipinski definition) is 7. The second-order valence-corrected chi connectivity index (χ2v) is 8.91. The molecule has 0 amide bonds. The Morgan fingerprint density at radius 1 is 1.06 bits per heavy atom. The first kappa shape index (κ1) is 20.9. The highest BCUT2D eigenvalue weighted by Crippen LogP contribution is 2.33. The fraction of sp³-hybridized carbons (Fsp3) is 0.360. The number of nitrogens with zero attached hydrogens (tertiary/aromatic N) is 6. The maximum absolute atomic E-state index is 13.0. The first-order valence-electron chi connectivity index (χ1n) is 11.7.